The van der Waals surface area contributed by atoms with E-state index in [0.29, 0.717) is 34.9 Å². The van der Waals surface area contributed by atoms with E-state index in [1.54, 1.807) is 55.6 Å². The Balaban J connectivity index is 1.50. The van der Waals surface area contributed by atoms with Crippen LogP contribution in [0.2, 0.25) is 0 Å². The van der Waals surface area contributed by atoms with E-state index in [1.165, 1.54) is 13.5 Å². The van der Waals surface area contributed by atoms with Crippen LogP contribution in [0.5, 0.6) is 5.75 Å². The number of rotatable bonds is 12. The lowest BCUT2D eigenvalue weighted by molar-refractivity contribution is -0.145. The van der Waals surface area contributed by atoms with Gasteiger partial charge in [0.05, 0.1) is 25.4 Å². The predicted molar refractivity (Wildman–Crippen MR) is 140 cm³/mol. The largest absolute Gasteiger partial charge is 0.496 e. The number of nitrogens with one attached hydrogen (secondary N) is 4. The molecule has 0 aliphatic heterocycles. The molecule has 1 heterocycles. The van der Waals surface area contributed by atoms with Gasteiger partial charge in [-0.1, -0.05) is 19.1 Å². The molecule has 2 aromatic carbocycles. The number of ether oxygens (including phenoxy) is 3. The molecular weight excluding hydrogens is 493 g/mol. The summed E-state index contributed by atoms with van der Waals surface area (Å²) in [6, 6.07) is 11.6. The lowest BCUT2D eigenvalue weighted by Gasteiger charge is -2.17. The normalized spacial score (nSPS) is 11.2. The van der Waals surface area contributed by atoms with Gasteiger partial charge in [0.25, 0.3) is 0 Å². The van der Waals surface area contributed by atoms with Gasteiger partial charge in [-0.25, -0.2) is 14.6 Å². The van der Waals surface area contributed by atoms with Crippen molar-refractivity contribution < 1.29 is 33.0 Å². The predicted octanol–water partition coefficient (Wildman–Crippen LogP) is 3.22. The van der Waals surface area contributed by atoms with Crippen LogP contribution in [0, 0.1) is 0 Å². The molecular formula is C25H28BN5O7. The number of alkyl carbamates (subject to hydrolysis) is 1. The van der Waals surface area contributed by atoms with Crippen LogP contribution >= 0.6 is 0 Å². The van der Waals surface area contributed by atoms with Crippen LogP contribution in [0.1, 0.15) is 18.9 Å². The van der Waals surface area contributed by atoms with Crippen LogP contribution in [0.15, 0.2) is 59.5 Å². The molecule has 0 unspecified atom stereocenters. The second-order valence-corrected chi connectivity index (χ2v) is 7.91. The van der Waals surface area contributed by atoms with Crippen molar-refractivity contribution in [2.24, 2.45) is 0 Å². The highest BCUT2D eigenvalue weighted by atomic mass is 16.6. The first-order valence-electron chi connectivity index (χ1n) is 11.7. The van der Waals surface area contributed by atoms with Crippen molar-refractivity contribution in [3.05, 3.63) is 60.6 Å². The number of anilines is 2. The van der Waals surface area contributed by atoms with E-state index in [-0.39, 0.29) is 19.7 Å². The molecule has 0 bridgehead atoms. The Bertz CT molecular complexity index is 1220. The van der Waals surface area contributed by atoms with Gasteiger partial charge in [0.15, 0.2) is 20.1 Å². The Hall–Kier alpha value is -4.52. The number of aromatic nitrogens is 1. The van der Waals surface area contributed by atoms with Gasteiger partial charge in [-0.05, 0) is 36.2 Å². The number of methoxy groups -OCH3 is 1. The highest BCUT2D eigenvalue weighted by Gasteiger charge is 2.15. The zero-order valence-corrected chi connectivity index (χ0v) is 21.0. The maximum Gasteiger partial charge on any atom is 0.407 e. The van der Waals surface area contributed by atoms with Crippen molar-refractivity contribution in [3.8, 4) is 17.1 Å². The van der Waals surface area contributed by atoms with Gasteiger partial charge in [-0.15, -0.1) is 0 Å². The molecule has 0 spiro atoms. The molecule has 3 rings (SSSR count). The number of esters is 1. The van der Waals surface area contributed by atoms with Gasteiger partial charge in [-0.3, -0.25) is 4.79 Å². The highest BCUT2D eigenvalue weighted by Crippen LogP contribution is 2.32. The fraction of sp³-hybridized carbons (Fsp3) is 0.280. The Kier molecular flexibility index (Phi) is 10.5. The van der Waals surface area contributed by atoms with Crippen molar-refractivity contribution in [1.82, 2.24) is 15.5 Å². The molecule has 0 fully saturated rings. The fourth-order valence-electron chi connectivity index (χ4n) is 3.30. The second-order valence-electron chi connectivity index (χ2n) is 7.91. The van der Waals surface area contributed by atoms with E-state index >= 15 is 0 Å². The zero-order valence-electron chi connectivity index (χ0n) is 21.0. The summed E-state index contributed by atoms with van der Waals surface area (Å²) in [4.78, 5) is 40.0. The molecule has 12 nitrogen and oxygen atoms in total. The first-order chi connectivity index (χ1) is 18.4. The quantitative estimate of drug-likeness (QED) is 0.208. The van der Waals surface area contributed by atoms with Crippen molar-refractivity contribution in [2.45, 2.75) is 26.0 Å². The molecule has 2 radical (unpaired) electrons. The van der Waals surface area contributed by atoms with Gasteiger partial charge in [0, 0.05) is 24.0 Å². The van der Waals surface area contributed by atoms with E-state index in [2.05, 4.69) is 26.2 Å². The number of urea groups is 1. The third kappa shape index (κ3) is 8.55. The SMILES string of the molecule is [B]NCC(=O)OC[C@@H](CC)OC(=O)NCc1cccc(NC(=O)Nc2ccc(-c3cnco3)c(OC)c2)c1. The van der Waals surface area contributed by atoms with E-state index in [0.717, 1.165) is 5.56 Å². The lowest BCUT2D eigenvalue weighted by Crippen LogP contribution is -2.32. The number of nitrogens with zero attached hydrogens (tertiary/aromatic N) is 1. The minimum Gasteiger partial charge on any atom is -0.496 e. The van der Waals surface area contributed by atoms with Crippen molar-refractivity contribution in [2.75, 3.05) is 30.9 Å². The number of hydrogen-bond acceptors (Lipinski definition) is 9. The average Bonchev–Trinajstić information content (AvgIpc) is 3.45. The first-order valence-corrected chi connectivity index (χ1v) is 11.7. The molecule has 3 amide bonds. The first kappa shape index (κ1) is 28.1. The summed E-state index contributed by atoms with van der Waals surface area (Å²) in [6.45, 7) is 1.74. The Morgan fingerprint density at radius 3 is 2.58 bits per heavy atom. The number of benzene rings is 2. The summed E-state index contributed by atoms with van der Waals surface area (Å²) in [5, 5.41) is 10.3. The molecule has 0 saturated carbocycles. The summed E-state index contributed by atoms with van der Waals surface area (Å²) in [6.07, 6.45) is 2.09. The molecule has 3 aromatic rings. The molecule has 0 saturated heterocycles. The van der Waals surface area contributed by atoms with Crippen molar-refractivity contribution in [1.29, 1.82) is 0 Å². The summed E-state index contributed by atoms with van der Waals surface area (Å²) in [7, 11) is 6.58. The summed E-state index contributed by atoms with van der Waals surface area (Å²) >= 11 is 0. The lowest BCUT2D eigenvalue weighted by atomic mass is 10.1. The van der Waals surface area contributed by atoms with Crippen LogP contribution < -0.4 is 25.9 Å². The van der Waals surface area contributed by atoms with Gasteiger partial charge >= 0.3 is 18.1 Å². The van der Waals surface area contributed by atoms with E-state index in [4.69, 9.17) is 26.6 Å². The number of oxazole rings is 1. The average molecular weight is 521 g/mol. The second kappa shape index (κ2) is 14.3. The molecule has 1 aromatic heterocycles. The summed E-state index contributed by atoms with van der Waals surface area (Å²) in [5.74, 6) is 0.502. The monoisotopic (exact) mass is 521 g/mol. The van der Waals surface area contributed by atoms with E-state index < -0.39 is 24.2 Å². The minimum atomic E-state index is -0.663. The fourth-order valence-corrected chi connectivity index (χ4v) is 3.30. The molecule has 198 valence electrons. The summed E-state index contributed by atoms with van der Waals surface area (Å²) < 4.78 is 21.0. The molecule has 0 aliphatic carbocycles. The molecule has 0 aliphatic rings. The topological polar surface area (TPSA) is 153 Å². The van der Waals surface area contributed by atoms with Crippen LogP contribution in [0.25, 0.3) is 11.3 Å². The smallest absolute Gasteiger partial charge is 0.407 e. The summed E-state index contributed by atoms with van der Waals surface area (Å²) in [5.41, 5.74) is 2.46. The van der Waals surface area contributed by atoms with Crippen molar-refractivity contribution >= 4 is 37.4 Å². The zero-order chi connectivity index (χ0) is 27.3. The minimum absolute atomic E-state index is 0.0758. The number of hydrogen-bond donors (Lipinski definition) is 4. The molecule has 1 atom stereocenters. The Morgan fingerprint density at radius 1 is 1.11 bits per heavy atom. The van der Waals surface area contributed by atoms with Gasteiger partial charge in [0.1, 0.15) is 18.5 Å². The molecule has 13 heteroatoms. The number of carbonyl (C=O) groups is 3. The van der Waals surface area contributed by atoms with E-state index in [1.807, 2.05) is 0 Å². The molecule has 4 N–H and O–H groups in total. The van der Waals surface area contributed by atoms with Crippen molar-refractivity contribution in [3.63, 3.8) is 0 Å². The van der Waals surface area contributed by atoms with Crippen LogP contribution in [0.3, 0.4) is 0 Å². The molecule has 38 heavy (non-hydrogen) atoms. The standard InChI is InChI=1S/C25H28BN5O7/c1-3-19(14-36-23(32)13-29-26)38-25(34)28-11-16-5-4-6-17(9-16)30-24(33)31-18-7-8-20(21(10-18)35-2)22-12-27-15-37-22/h4-10,12,15,19,29H,3,11,13-14H2,1-2H3,(H,28,34)(H2,30,31,33)/t19-/m1/s1. The maximum absolute atomic E-state index is 12.5. The highest BCUT2D eigenvalue weighted by molar-refractivity contribution is 6.05. The third-order valence-electron chi connectivity index (χ3n) is 5.18. The van der Waals surface area contributed by atoms with Crippen LogP contribution in [-0.2, 0) is 20.8 Å². The van der Waals surface area contributed by atoms with Gasteiger partial charge in [-0.2, -0.15) is 0 Å². The maximum atomic E-state index is 12.5. The number of amides is 3. The Labute approximate surface area is 220 Å². The number of carbonyl (C=O) groups excluding carboxylic acids is 3. The van der Waals surface area contributed by atoms with Crippen LogP contribution in [-0.4, -0.2) is 57.4 Å². The third-order valence-corrected chi connectivity index (χ3v) is 5.18. The van der Waals surface area contributed by atoms with E-state index in [9.17, 15) is 14.4 Å². The van der Waals surface area contributed by atoms with Crippen LogP contribution in [0.4, 0.5) is 21.0 Å². The van der Waals surface area contributed by atoms with Gasteiger partial charge in [0.2, 0.25) is 0 Å². The van der Waals surface area contributed by atoms with Gasteiger partial charge < -0.3 is 39.8 Å². The Morgan fingerprint density at radius 2 is 1.89 bits per heavy atom.